The smallest absolute Gasteiger partial charge is 0.326 e. The van der Waals surface area contributed by atoms with Crippen LogP contribution < -0.4 is 5.32 Å². The molecule has 0 unspecified atom stereocenters. The summed E-state index contributed by atoms with van der Waals surface area (Å²) < 4.78 is 30.7. The highest BCUT2D eigenvalue weighted by Crippen LogP contribution is 2.10. The molecule has 0 saturated carbocycles. The van der Waals surface area contributed by atoms with Gasteiger partial charge in [0.1, 0.15) is 17.7 Å². The first-order chi connectivity index (χ1) is 9.85. The van der Waals surface area contributed by atoms with Gasteiger partial charge in [0.2, 0.25) is 0 Å². The van der Waals surface area contributed by atoms with Crippen molar-refractivity contribution >= 4 is 17.8 Å². The van der Waals surface area contributed by atoms with Gasteiger partial charge in [-0.25, -0.2) is 13.6 Å². The van der Waals surface area contributed by atoms with Gasteiger partial charge in [-0.15, -0.1) is 0 Å². The first-order valence-corrected chi connectivity index (χ1v) is 5.99. The molecule has 6 nitrogen and oxygen atoms in total. The molecule has 8 heteroatoms. The van der Waals surface area contributed by atoms with Crippen LogP contribution in [-0.4, -0.2) is 35.6 Å². The summed E-state index contributed by atoms with van der Waals surface area (Å²) in [5.41, 5.74) is -0.522. The number of benzene rings is 1. The third-order valence-corrected chi connectivity index (χ3v) is 2.46. The van der Waals surface area contributed by atoms with Crippen molar-refractivity contribution in [1.29, 1.82) is 0 Å². The largest absolute Gasteiger partial charge is 0.480 e. The Labute approximate surface area is 118 Å². The van der Waals surface area contributed by atoms with Crippen molar-refractivity contribution < 1.29 is 33.0 Å². The summed E-state index contributed by atoms with van der Waals surface area (Å²) in [5.74, 6) is -5.36. The van der Waals surface area contributed by atoms with Crippen LogP contribution in [0, 0.1) is 11.6 Å². The lowest BCUT2D eigenvalue weighted by Gasteiger charge is -2.14. The van der Waals surface area contributed by atoms with Gasteiger partial charge in [-0.2, -0.15) is 0 Å². The topological polar surface area (TPSA) is 92.7 Å². The fourth-order valence-electron chi connectivity index (χ4n) is 1.50. The Bertz CT molecular complexity index is 561. The molecule has 0 aliphatic carbocycles. The summed E-state index contributed by atoms with van der Waals surface area (Å²) in [7, 11) is 0. The number of nitrogens with one attached hydrogen (secondary N) is 1. The Morgan fingerprint density at radius 2 is 2.00 bits per heavy atom. The van der Waals surface area contributed by atoms with Crippen LogP contribution in [0.5, 0.6) is 0 Å². The summed E-state index contributed by atoms with van der Waals surface area (Å²) in [6.45, 7) is 1.60. The lowest BCUT2D eigenvalue weighted by molar-refractivity contribution is -0.149. The molecule has 1 aromatic carbocycles. The van der Waals surface area contributed by atoms with Gasteiger partial charge in [0.25, 0.3) is 5.91 Å². The van der Waals surface area contributed by atoms with Crippen LogP contribution in [0.3, 0.4) is 0 Å². The predicted molar refractivity (Wildman–Crippen MR) is 66.5 cm³/mol. The number of rotatable bonds is 6. The zero-order valence-corrected chi connectivity index (χ0v) is 11.1. The summed E-state index contributed by atoms with van der Waals surface area (Å²) in [6.07, 6.45) is -0.599. The van der Waals surface area contributed by atoms with Crippen LogP contribution in [0.2, 0.25) is 0 Å². The molecule has 2 N–H and O–H groups in total. The SMILES string of the molecule is CCOC(=O)C[C@@H](NC(=O)c1ccc(F)cc1F)C(=O)O. The van der Waals surface area contributed by atoms with Gasteiger partial charge in [-0.1, -0.05) is 0 Å². The molecule has 0 aliphatic heterocycles. The Kier molecular flexibility index (Phi) is 5.77. The summed E-state index contributed by atoms with van der Waals surface area (Å²) in [4.78, 5) is 33.9. The van der Waals surface area contributed by atoms with Gasteiger partial charge in [0.15, 0.2) is 0 Å². The van der Waals surface area contributed by atoms with Gasteiger partial charge in [0.05, 0.1) is 18.6 Å². The van der Waals surface area contributed by atoms with Crippen LogP contribution >= 0.6 is 0 Å². The van der Waals surface area contributed by atoms with Crippen molar-refractivity contribution in [3.63, 3.8) is 0 Å². The number of hydrogen-bond donors (Lipinski definition) is 2. The average Bonchev–Trinajstić information content (AvgIpc) is 2.37. The van der Waals surface area contributed by atoms with Crippen molar-refractivity contribution in [2.45, 2.75) is 19.4 Å². The fraction of sp³-hybridized carbons (Fsp3) is 0.308. The number of aliphatic carboxylic acids is 1. The summed E-state index contributed by atoms with van der Waals surface area (Å²) in [6, 6.07) is 0.666. The quantitative estimate of drug-likeness (QED) is 0.768. The highest BCUT2D eigenvalue weighted by molar-refractivity contribution is 5.97. The summed E-state index contributed by atoms with van der Waals surface area (Å²) in [5, 5.41) is 10.9. The minimum absolute atomic E-state index is 0.0612. The molecular formula is C13H13F2NO5. The molecule has 0 saturated heterocycles. The Hall–Kier alpha value is -2.51. The molecule has 21 heavy (non-hydrogen) atoms. The first kappa shape index (κ1) is 16.5. The Balaban J connectivity index is 2.81. The Morgan fingerprint density at radius 1 is 1.33 bits per heavy atom. The van der Waals surface area contributed by atoms with E-state index in [1.54, 1.807) is 6.92 Å². The van der Waals surface area contributed by atoms with E-state index in [4.69, 9.17) is 5.11 Å². The van der Waals surface area contributed by atoms with E-state index in [-0.39, 0.29) is 6.61 Å². The van der Waals surface area contributed by atoms with Gasteiger partial charge in [-0.05, 0) is 19.1 Å². The van der Waals surface area contributed by atoms with Crippen molar-refractivity contribution in [2.24, 2.45) is 0 Å². The second kappa shape index (κ2) is 7.32. The second-order valence-corrected chi connectivity index (χ2v) is 4.00. The van der Waals surface area contributed by atoms with Crippen molar-refractivity contribution in [1.82, 2.24) is 5.32 Å². The number of esters is 1. The van der Waals surface area contributed by atoms with Gasteiger partial charge in [-0.3, -0.25) is 9.59 Å². The average molecular weight is 301 g/mol. The molecule has 1 amide bonds. The van der Waals surface area contributed by atoms with Crippen molar-refractivity contribution in [2.75, 3.05) is 6.61 Å². The number of carbonyl (C=O) groups is 3. The number of amides is 1. The standard InChI is InChI=1S/C13H13F2NO5/c1-2-21-11(17)6-10(13(19)20)16-12(18)8-4-3-7(14)5-9(8)15/h3-5,10H,2,6H2,1H3,(H,16,18)(H,19,20)/t10-/m1/s1. The van der Waals surface area contributed by atoms with Crippen LogP contribution in [0.4, 0.5) is 8.78 Å². The van der Waals surface area contributed by atoms with E-state index in [0.717, 1.165) is 12.1 Å². The molecule has 1 aromatic rings. The lowest BCUT2D eigenvalue weighted by Crippen LogP contribution is -2.42. The van der Waals surface area contributed by atoms with E-state index in [2.05, 4.69) is 4.74 Å². The number of halogens is 2. The van der Waals surface area contributed by atoms with E-state index in [1.807, 2.05) is 5.32 Å². The zero-order chi connectivity index (χ0) is 16.0. The van der Waals surface area contributed by atoms with E-state index in [1.165, 1.54) is 0 Å². The van der Waals surface area contributed by atoms with Crippen LogP contribution in [0.25, 0.3) is 0 Å². The first-order valence-electron chi connectivity index (χ1n) is 5.99. The normalized spacial score (nSPS) is 11.6. The van der Waals surface area contributed by atoms with E-state index >= 15 is 0 Å². The number of carboxylic acid groups (broad SMARTS) is 1. The maximum absolute atomic E-state index is 13.4. The molecule has 0 heterocycles. The summed E-state index contributed by atoms with van der Waals surface area (Å²) >= 11 is 0. The predicted octanol–water partition coefficient (Wildman–Crippen LogP) is 1.10. The van der Waals surface area contributed by atoms with Gasteiger partial charge < -0.3 is 15.2 Å². The number of hydrogen-bond acceptors (Lipinski definition) is 4. The third-order valence-electron chi connectivity index (χ3n) is 2.46. The van der Waals surface area contributed by atoms with E-state index < -0.39 is 47.5 Å². The highest BCUT2D eigenvalue weighted by atomic mass is 19.1. The molecule has 0 spiro atoms. The van der Waals surface area contributed by atoms with Gasteiger partial charge in [0, 0.05) is 6.07 Å². The molecule has 0 bridgehead atoms. The highest BCUT2D eigenvalue weighted by Gasteiger charge is 2.25. The van der Waals surface area contributed by atoms with Crippen LogP contribution in [-0.2, 0) is 14.3 Å². The molecule has 0 fully saturated rings. The maximum atomic E-state index is 13.4. The minimum Gasteiger partial charge on any atom is -0.480 e. The molecule has 0 radical (unpaired) electrons. The fourth-order valence-corrected chi connectivity index (χ4v) is 1.50. The molecule has 1 rings (SSSR count). The third kappa shape index (κ3) is 4.83. The van der Waals surface area contributed by atoms with Crippen molar-refractivity contribution in [3.8, 4) is 0 Å². The Morgan fingerprint density at radius 3 is 2.52 bits per heavy atom. The molecule has 0 aromatic heterocycles. The number of carboxylic acids is 1. The monoisotopic (exact) mass is 301 g/mol. The second-order valence-electron chi connectivity index (χ2n) is 4.00. The lowest BCUT2D eigenvalue weighted by atomic mass is 10.1. The van der Waals surface area contributed by atoms with E-state index in [0.29, 0.717) is 6.07 Å². The zero-order valence-electron chi connectivity index (χ0n) is 11.1. The molecule has 1 atom stereocenters. The number of ether oxygens (including phenoxy) is 1. The van der Waals surface area contributed by atoms with Crippen LogP contribution in [0.15, 0.2) is 18.2 Å². The van der Waals surface area contributed by atoms with Crippen molar-refractivity contribution in [3.05, 3.63) is 35.4 Å². The van der Waals surface area contributed by atoms with Gasteiger partial charge >= 0.3 is 11.9 Å². The molecular weight excluding hydrogens is 288 g/mol. The molecule has 114 valence electrons. The maximum Gasteiger partial charge on any atom is 0.326 e. The molecule has 0 aliphatic rings. The van der Waals surface area contributed by atoms with E-state index in [9.17, 15) is 23.2 Å². The van der Waals surface area contributed by atoms with Crippen LogP contribution in [0.1, 0.15) is 23.7 Å². The number of carbonyl (C=O) groups excluding carboxylic acids is 2. The minimum atomic E-state index is -1.57.